The first kappa shape index (κ1) is 24.1. The number of hydrogen-bond donors (Lipinski definition) is 1. The SMILES string of the molecule is COc1ccc(CNC(=O)CN(c2ccc(F)cc2)S(=O)(=O)c2cc(C)ccc2OC)cc1. The Morgan fingerprint density at radius 3 is 2.24 bits per heavy atom. The van der Waals surface area contributed by atoms with Gasteiger partial charge in [0.05, 0.1) is 19.9 Å². The summed E-state index contributed by atoms with van der Waals surface area (Å²) in [7, 11) is -1.28. The van der Waals surface area contributed by atoms with Gasteiger partial charge in [-0.3, -0.25) is 9.10 Å². The van der Waals surface area contributed by atoms with Gasteiger partial charge in [-0.15, -0.1) is 0 Å². The normalized spacial score (nSPS) is 11.0. The molecule has 33 heavy (non-hydrogen) atoms. The molecule has 0 saturated heterocycles. The topological polar surface area (TPSA) is 84.9 Å². The van der Waals surface area contributed by atoms with E-state index in [1.54, 1.807) is 50.4 Å². The second-order valence-corrected chi connectivity index (χ2v) is 9.10. The van der Waals surface area contributed by atoms with E-state index in [2.05, 4.69) is 5.32 Å². The number of nitrogens with one attached hydrogen (secondary N) is 1. The zero-order valence-corrected chi connectivity index (χ0v) is 19.4. The van der Waals surface area contributed by atoms with Crippen molar-refractivity contribution in [2.24, 2.45) is 0 Å². The molecule has 0 unspecified atom stereocenters. The third-order valence-electron chi connectivity index (χ3n) is 4.94. The minimum absolute atomic E-state index is 0.0859. The molecular formula is C24H25FN2O5S. The predicted octanol–water partition coefficient (Wildman–Crippen LogP) is 3.66. The van der Waals surface area contributed by atoms with Gasteiger partial charge >= 0.3 is 0 Å². The van der Waals surface area contributed by atoms with Gasteiger partial charge in [-0.05, 0) is 66.6 Å². The van der Waals surface area contributed by atoms with Crippen molar-refractivity contribution in [2.75, 3.05) is 25.1 Å². The average molecular weight is 473 g/mol. The zero-order chi connectivity index (χ0) is 24.0. The Bertz CT molecular complexity index is 1210. The lowest BCUT2D eigenvalue weighted by molar-refractivity contribution is -0.119. The Kier molecular flexibility index (Phi) is 7.55. The molecule has 0 saturated carbocycles. The van der Waals surface area contributed by atoms with Crippen molar-refractivity contribution in [3.8, 4) is 11.5 Å². The van der Waals surface area contributed by atoms with Crippen LogP contribution in [0.25, 0.3) is 0 Å². The van der Waals surface area contributed by atoms with Crippen LogP contribution in [0.4, 0.5) is 10.1 Å². The molecule has 7 nitrogen and oxygen atoms in total. The van der Waals surface area contributed by atoms with Crippen LogP contribution in [0.3, 0.4) is 0 Å². The first-order valence-corrected chi connectivity index (χ1v) is 11.5. The summed E-state index contributed by atoms with van der Waals surface area (Å²) in [5, 5.41) is 2.72. The van der Waals surface area contributed by atoms with Crippen LogP contribution in [-0.4, -0.2) is 35.1 Å². The molecule has 1 N–H and O–H groups in total. The van der Waals surface area contributed by atoms with E-state index in [4.69, 9.17) is 9.47 Å². The Morgan fingerprint density at radius 2 is 1.64 bits per heavy atom. The highest BCUT2D eigenvalue weighted by molar-refractivity contribution is 7.93. The molecular weight excluding hydrogens is 447 g/mol. The minimum atomic E-state index is -4.21. The standard InChI is InChI=1S/C24H25FN2O5S/c1-17-4-13-22(32-3)23(14-17)33(29,30)27(20-9-7-19(25)8-10-20)16-24(28)26-15-18-5-11-21(31-2)12-6-18/h4-14H,15-16H2,1-3H3,(H,26,28). The first-order valence-electron chi connectivity index (χ1n) is 10.1. The van der Waals surface area contributed by atoms with Gasteiger partial charge in [0.25, 0.3) is 10.0 Å². The number of aryl methyl sites for hydroxylation is 1. The molecule has 0 aliphatic heterocycles. The number of amides is 1. The maximum atomic E-state index is 13.6. The lowest BCUT2D eigenvalue weighted by Crippen LogP contribution is -2.40. The number of halogens is 1. The van der Waals surface area contributed by atoms with E-state index in [1.807, 2.05) is 0 Å². The smallest absolute Gasteiger partial charge is 0.268 e. The minimum Gasteiger partial charge on any atom is -0.497 e. The molecule has 174 valence electrons. The van der Waals surface area contributed by atoms with Gasteiger partial charge in [-0.2, -0.15) is 0 Å². The van der Waals surface area contributed by atoms with Gasteiger partial charge < -0.3 is 14.8 Å². The third-order valence-corrected chi connectivity index (χ3v) is 6.73. The molecule has 3 aromatic rings. The van der Waals surface area contributed by atoms with Gasteiger partial charge in [0.2, 0.25) is 5.91 Å². The van der Waals surface area contributed by atoms with Crippen molar-refractivity contribution >= 4 is 21.6 Å². The van der Waals surface area contributed by atoms with Crippen LogP contribution in [0.5, 0.6) is 11.5 Å². The van der Waals surface area contributed by atoms with E-state index in [1.165, 1.54) is 25.3 Å². The predicted molar refractivity (Wildman–Crippen MR) is 124 cm³/mol. The molecule has 0 aliphatic carbocycles. The molecule has 9 heteroatoms. The highest BCUT2D eigenvalue weighted by Crippen LogP contribution is 2.31. The molecule has 3 aromatic carbocycles. The van der Waals surface area contributed by atoms with Crippen molar-refractivity contribution in [3.05, 3.63) is 83.7 Å². The van der Waals surface area contributed by atoms with Crippen molar-refractivity contribution in [3.63, 3.8) is 0 Å². The summed E-state index contributed by atoms with van der Waals surface area (Å²) in [4.78, 5) is 12.7. The fourth-order valence-corrected chi connectivity index (χ4v) is 4.82. The molecule has 0 fully saturated rings. The number of sulfonamides is 1. The van der Waals surface area contributed by atoms with Crippen LogP contribution in [0.2, 0.25) is 0 Å². The lowest BCUT2D eigenvalue weighted by atomic mass is 10.2. The lowest BCUT2D eigenvalue weighted by Gasteiger charge is -2.25. The number of methoxy groups -OCH3 is 2. The maximum absolute atomic E-state index is 13.6. The number of carbonyl (C=O) groups excluding carboxylic acids is 1. The van der Waals surface area contributed by atoms with Crippen molar-refractivity contribution in [1.82, 2.24) is 5.32 Å². The van der Waals surface area contributed by atoms with E-state index in [-0.39, 0.29) is 22.9 Å². The van der Waals surface area contributed by atoms with E-state index >= 15 is 0 Å². The van der Waals surface area contributed by atoms with Crippen molar-refractivity contribution in [1.29, 1.82) is 0 Å². The quantitative estimate of drug-likeness (QED) is 0.514. The van der Waals surface area contributed by atoms with E-state index < -0.39 is 28.3 Å². The second-order valence-electron chi connectivity index (χ2n) is 7.27. The van der Waals surface area contributed by atoms with Crippen LogP contribution in [0, 0.1) is 12.7 Å². The Morgan fingerprint density at radius 1 is 0.970 bits per heavy atom. The van der Waals surface area contributed by atoms with Gasteiger partial charge in [0, 0.05) is 6.54 Å². The summed E-state index contributed by atoms with van der Waals surface area (Å²) in [6.45, 7) is 1.46. The summed E-state index contributed by atoms with van der Waals surface area (Å²) in [6.07, 6.45) is 0. The Balaban J connectivity index is 1.89. The number of hydrogen-bond acceptors (Lipinski definition) is 5. The highest BCUT2D eigenvalue weighted by atomic mass is 32.2. The third kappa shape index (κ3) is 5.81. The molecule has 3 rings (SSSR count). The molecule has 0 atom stereocenters. The number of carbonyl (C=O) groups is 1. The average Bonchev–Trinajstić information content (AvgIpc) is 2.82. The van der Waals surface area contributed by atoms with E-state index in [0.29, 0.717) is 11.3 Å². The first-order chi connectivity index (χ1) is 15.7. The second kappa shape index (κ2) is 10.4. The van der Waals surface area contributed by atoms with Crippen LogP contribution >= 0.6 is 0 Å². The fourth-order valence-electron chi connectivity index (χ4n) is 3.16. The maximum Gasteiger partial charge on any atom is 0.268 e. The van der Waals surface area contributed by atoms with Crippen LogP contribution < -0.4 is 19.1 Å². The molecule has 1 amide bonds. The van der Waals surface area contributed by atoms with E-state index in [0.717, 1.165) is 22.0 Å². The fraction of sp³-hybridized carbons (Fsp3) is 0.208. The van der Waals surface area contributed by atoms with Crippen molar-refractivity contribution in [2.45, 2.75) is 18.4 Å². The highest BCUT2D eigenvalue weighted by Gasteiger charge is 2.30. The summed E-state index contributed by atoms with van der Waals surface area (Å²) < 4.78 is 52.0. The Hall–Kier alpha value is -3.59. The van der Waals surface area contributed by atoms with Crippen LogP contribution in [0.1, 0.15) is 11.1 Å². The number of nitrogens with zero attached hydrogens (tertiary/aromatic N) is 1. The van der Waals surface area contributed by atoms with Crippen LogP contribution in [-0.2, 0) is 21.4 Å². The summed E-state index contributed by atoms with van der Waals surface area (Å²) in [6, 6.07) is 16.8. The Labute approximate surface area is 192 Å². The largest absolute Gasteiger partial charge is 0.497 e. The van der Waals surface area contributed by atoms with E-state index in [9.17, 15) is 17.6 Å². The molecule has 0 spiro atoms. The zero-order valence-electron chi connectivity index (χ0n) is 18.5. The number of rotatable bonds is 9. The van der Waals surface area contributed by atoms with Crippen molar-refractivity contribution < 1.29 is 27.1 Å². The number of anilines is 1. The monoisotopic (exact) mass is 472 g/mol. The molecule has 0 bridgehead atoms. The van der Waals surface area contributed by atoms with Gasteiger partial charge in [-0.25, -0.2) is 12.8 Å². The van der Waals surface area contributed by atoms with Gasteiger partial charge in [0.15, 0.2) is 0 Å². The van der Waals surface area contributed by atoms with Crippen LogP contribution in [0.15, 0.2) is 71.6 Å². The van der Waals surface area contributed by atoms with Gasteiger partial charge in [-0.1, -0.05) is 18.2 Å². The van der Waals surface area contributed by atoms with Gasteiger partial charge in [0.1, 0.15) is 28.8 Å². The number of ether oxygens (including phenoxy) is 2. The summed E-state index contributed by atoms with van der Waals surface area (Å²) >= 11 is 0. The molecule has 0 radical (unpaired) electrons. The number of benzene rings is 3. The summed E-state index contributed by atoms with van der Waals surface area (Å²) in [5.74, 6) is -0.212. The summed E-state index contributed by atoms with van der Waals surface area (Å²) in [5.41, 5.74) is 1.68. The molecule has 0 heterocycles. The molecule has 0 aliphatic rings. The molecule has 0 aromatic heterocycles.